The Hall–Kier alpha value is -2.61. The Labute approximate surface area is 257 Å². The molecular weight excluding hydrogens is 772 g/mol. The van der Waals surface area contributed by atoms with Crippen molar-refractivity contribution in [3.63, 3.8) is 0 Å². The third kappa shape index (κ3) is 6.59. The molecule has 0 saturated carbocycles. The van der Waals surface area contributed by atoms with Crippen LogP contribution in [0.4, 0.5) is 4.79 Å². The van der Waals surface area contributed by atoms with Gasteiger partial charge in [0, 0.05) is 19.0 Å². The SMILES string of the molecule is CCOc1cc(/C=C2\NC(=O)N(Cc3ccc(C(=O)OC)o3)C2=O)c(Br)c(Br)c1OCc1ccc(Br)cc1Br. The van der Waals surface area contributed by atoms with Gasteiger partial charge in [0.1, 0.15) is 18.1 Å². The molecule has 2 heterocycles. The summed E-state index contributed by atoms with van der Waals surface area (Å²) < 4.78 is 25.0. The minimum Gasteiger partial charge on any atom is -0.490 e. The summed E-state index contributed by atoms with van der Waals surface area (Å²) >= 11 is 14.1. The molecule has 0 aliphatic carbocycles. The molecule has 2 aromatic carbocycles. The zero-order valence-corrected chi connectivity index (χ0v) is 26.8. The molecule has 1 aliphatic heterocycles. The number of amides is 3. The van der Waals surface area contributed by atoms with E-state index < -0.39 is 17.9 Å². The Morgan fingerprint density at radius 1 is 1.05 bits per heavy atom. The van der Waals surface area contributed by atoms with Crippen molar-refractivity contribution < 1.29 is 33.0 Å². The highest BCUT2D eigenvalue weighted by Crippen LogP contribution is 2.44. The summed E-state index contributed by atoms with van der Waals surface area (Å²) in [6.45, 7) is 2.34. The number of hydrogen-bond donors (Lipinski definition) is 1. The average molecular weight is 792 g/mol. The maximum atomic E-state index is 13.1. The molecule has 1 aromatic heterocycles. The standard InChI is InChI=1S/C26H20Br4N2O7/c1-3-37-20-9-14(21(29)22(30)23(20)38-12-13-4-5-15(27)10-17(13)28)8-18-24(33)32(26(35)31-18)11-16-6-7-19(39-16)25(34)36-2/h4-10H,3,11-12H2,1-2H3,(H,31,35)/b18-8-. The van der Waals surface area contributed by atoms with Gasteiger partial charge in [-0.2, -0.15) is 0 Å². The summed E-state index contributed by atoms with van der Waals surface area (Å²) in [6.07, 6.45) is 1.54. The van der Waals surface area contributed by atoms with Crippen LogP contribution in [0, 0.1) is 0 Å². The van der Waals surface area contributed by atoms with Crippen LogP contribution in [0.5, 0.6) is 11.5 Å². The van der Waals surface area contributed by atoms with E-state index in [1.54, 1.807) is 6.07 Å². The number of methoxy groups -OCH3 is 1. The van der Waals surface area contributed by atoms with Crippen molar-refractivity contribution in [3.8, 4) is 11.5 Å². The predicted molar refractivity (Wildman–Crippen MR) is 156 cm³/mol. The van der Waals surface area contributed by atoms with Crippen LogP contribution in [-0.2, 0) is 22.7 Å². The normalized spacial score (nSPS) is 14.1. The Kier molecular flexibility index (Phi) is 9.57. The number of imide groups is 1. The van der Waals surface area contributed by atoms with Gasteiger partial charge in [0.05, 0.1) is 24.7 Å². The van der Waals surface area contributed by atoms with Crippen LogP contribution in [0.2, 0.25) is 0 Å². The van der Waals surface area contributed by atoms with Crippen molar-refractivity contribution in [1.82, 2.24) is 10.2 Å². The first-order valence-electron chi connectivity index (χ1n) is 11.4. The number of nitrogens with zero attached hydrogens (tertiary/aromatic N) is 1. The molecule has 13 heteroatoms. The van der Waals surface area contributed by atoms with E-state index in [0.29, 0.717) is 32.6 Å². The highest BCUT2D eigenvalue weighted by molar-refractivity contribution is 9.13. The molecule has 4 rings (SSSR count). The molecule has 0 radical (unpaired) electrons. The Balaban J connectivity index is 1.58. The summed E-state index contributed by atoms with van der Waals surface area (Å²) in [4.78, 5) is 38.2. The molecule has 39 heavy (non-hydrogen) atoms. The molecule has 0 spiro atoms. The van der Waals surface area contributed by atoms with Gasteiger partial charge in [-0.1, -0.05) is 37.9 Å². The maximum Gasteiger partial charge on any atom is 0.373 e. The highest BCUT2D eigenvalue weighted by Gasteiger charge is 2.35. The fourth-order valence-corrected chi connectivity index (χ4v) is 5.70. The number of carbonyl (C=O) groups is 3. The largest absolute Gasteiger partial charge is 0.490 e. The topological polar surface area (TPSA) is 107 Å². The lowest BCUT2D eigenvalue weighted by Gasteiger charge is -2.17. The first kappa shape index (κ1) is 29.4. The minimum atomic E-state index is -0.656. The smallest absolute Gasteiger partial charge is 0.373 e. The van der Waals surface area contributed by atoms with E-state index in [2.05, 4.69) is 73.8 Å². The molecule has 204 valence electrons. The van der Waals surface area contributed by atoms with Gasteiger partial charge in [-0.05, 0) is 80.8 Å². The van der Waals surface area contributed by atoms with Crippen molar-refractivity contribution >= 4 is 87.7 Å². The molecular formula is C26H20Br4N2O7. The van der Waals surface area contributed by atoms with Crippen molar-refractivity contribution in [1.29, 1.82) is 0 Å². The van der Waals surface area contributed by atoms with Crippen molar-refractivity contribution in [2.75, 3.05) is 13.7 Å². The Bertz CT molecular complexity index is 1490. The first-order chi connectivity index (χ1) is 18.6. The number of benzene rings is 2. The van der Waals surface area contributed by atoms with E-state index in [-0.39, 0.29) is 30.4 Å². The van der Waals surface area contributed by atoms with Gasteiger partial charge in [-0.25, -0.2) is 9.59 Å². The predicted octanol–water partition coefficient (Wildman–Crippen LogP) is 7.19. The van der Waals surface area contributed by atoms with E-state index in [1.165, 1.54) is 25.3 Å². The maximum absolute atomic E-state index is 13.1. The summed E-state index contributed by atoms with van der Waals surface area (Å²) in [7, 11) is 1.23. The highest BCUT2D eigenvalue weighted by atomic mass is 79.9. The van der Waals surface area contributed by atoms with Crippen LogP contribution in [0.1, 0.15) is 34.4 Å². The third-order valence-electron chi connectivity index (χ3n) is 5.47. The second kappa shape index (κ2) is 12.7. The summed E-state index contributed by atoms with van der Waals surface area (Å²) in [6, 6.07) is 9.81. The van der Waals surface area contributed by atoms with Crippen LogP contribution in [-0.4, -0.2) is 36.5 Å². The lowest BCUT2D eigenvalue weighted by atomic mass is 10.1. The lowest BCUT2D eigenvalue weighted by Crippen LogP contribution is -2.30. The molecule has 0 atom stereocenters. The third-order valence-corrected chi connectivity index (χ3v) is 8.84. The van der Waals surface area contributed by atoms with Crippen LogP contribution < -0.4 is 14.8 Å². The molecule has 3 aromatic rings. The summed E-state index contributed by atoms with van der Waals surface area (Å²) in [5.74, 6) is -0.0617. The van der Waals surface area contributed by atoms with E-state index >= 15 is 0 Å². The van der Waals surface area contributed by atoms with Crippen molar-refractivity contribution in [2.45, 2.75) is 20.1 Å². The van der Waals surface area contributed by atoms with Gasteiger partial charge in [-0.3, -0.25) is 9.69 Å². The Morgan fingerprint density at radius 3 is 2.51 bits per heavy atom. The van der Waals surface area contributed by atoms with E-state index in [0.717, 1.165) is 19.4 Å². The number of rotatable bonds is 9. The zero-order valence-electron chi connectivity index (χ0n) is 20.5. The minimum absolute atomic E-state index is 0.0256. The summed E-state index contributed by atoms with van der Waals surface area (Å²) in [5, 5.41) is 2.58. The number of nitrogens with one attached hydrogen (secondary N) is 1. The molecule has 0 unspecified atom stereocenters. The summed E-state index contributed by atoms with van der Waals surface area (Å²) in [5.41, 5.74) is 1.56. The number of ether oxygens (including phenoxy) is 3. The molecule has 0 bridgehead atoms. The fraction of sp³-hybridized carbons (Fsp3) is 0.192. The van der Waals surface area contributed by atoms with Gasteiger partial charge in [0.2, 0.25) is 5.76 Å². The second-order valence-corrected chi connectivity index (χ2v) is 11.4. The van der Waals surface area contributed by atoms with Crippen molar-refractivity contribution in [2.24, 2.45) is 0 Å². The Morgan fingerprint density at radius 2 is 1.82 bits per heavy atom. The van der Waals surface area contributed by atoms with Gasteiger partial charge in [0.15, 0.2) is 11.5 Å². The molecule has 1 aliphatic rings. The number of carbonyl (C=O) groups excluding carboxylic acids is 3. The average Bonchev–Trinajstić information content (AvgIpc) is 3.48. The molecule has 1 N–H and O–H groups in total. The number of furan rings is 1. The van der Waals surface area contributed by atoms with Crippen LogP contribution in [0.3, 0.4) is 0 Å². The van der Waals surface area contributed by atoms with Gasteiger partial charge in [-0.15, -0.1) is 0 Å². The van der Waals surface area contributed by atoms with Crippen LogP contribution >= 0.6 is 63.7 Å². The number of esters is 1. The van der Waals surface area contributed by atoms with Gasteiger partial charge >= 0.3 is 12.0 Å². The molecule has 3 amide bonds. The number of hydrogen-bond acceptors (Lipinski definition) is 7. The molecule has 1 saturated heterocycles. The van der Waals surface area contributed by atoms with E-state index in [1.807, 2.05) is 25.1 Å². The monoisotopic (exact) mass is 788 g/mol. The zero-order chi connectivity index (χ0) is 28.3. The first-order valence-corrected chi connectivity index (χ1v) is 14.5. The van der Waals surface area contributed by atoms with Crippen molar-refractivity contribution in [3.05, 3.63) is 82.6 Å². The molecule has 9 nitrogen and oxygen atoms in total. The lowest BCUT2D eigenvalue weighted by molar-refractivity contribution is -0.123. The second-order valence-electron chi connectivity index (χ2n) is 8.02. The fourth-order valence-electron chi connectivity index (χ4n) is 3.60. The van der Waals surface area contributed by atoms with E-state index in [4.69, 9.17) is 13.9 Å². The number of halogens is 4. The van der Waals surface area contributed by atoms with Crippen LogP contribution in [0.15, 0.2) is 64.4 Å². The van der Waals surface area contributed by atoms with E-state index in [9.17, 15) is 14.4 Å². The quantitative estimate of drug-likeness (QED) is 0.139. The van der Waals surface area contributed by atoms with Gasteiger partial charge in [0.25, 0.3) is 5.91 Å². The van der Waals surface area contributed by atoms with Gasteiger partial charge < -0.3 is 23.9 Å². The number of urea groups is 1. The van der Waals surface area contributed by atoms with Crippen LogP contribution in [0.25, 0.3) is 6.08 Å². The molecule has 1 fully saturated rings.